The van der Waals surface area contributed by atoms with Crippen LogP contribution in [0.5, 0.6) is 5.75 Å². The third-order valence-electron chi connectivity index (χ3n) is 4.28. The first-order chi connectivity index (χ1) is 12.7. The van der Waals surface area contributed by atoms with Crippen LogP contribution in [0.4, 0.5) is 11.4 Å². The molecule has 0 aliphatic rings. The van der Waals surface area contributed by atoms with Crippen LogP contribution in [0.15, 0.2) is 48.5 Å². The van der Waals surface area contributed by atoms with E-state index in [0.717, 1.165) is 35.7 Å². The molecule has 2 aromatic rings. The molecule has 0 radical (unpaired) electrons. The molecule has 0 saturated carbocycles. The minimum atomic E-state index is 0.00594. The SMILES string of the molecule is CCCCCCCOc1ccc(NC(=O)CCc2ccc(N)cc2)cc1. The van der Waals surface area contributed by atoms with Gasteiger partial charge in [-0.1, -0.05) is 44.7 Å². The number of benzene rings is 2. The van der Waals surface area contributed by atoms with E-state index >= 15 is 0 Å². The number of rotatable bonds is 11. The Labute approximate surface area is 156 Å². The van der Waals surface area contributed by atoms with E-state index in [1.54, 1.807) is 0 Å². The number of hydrogen-bond donors (Lipinski definition) is 2. The molecule has 0 atom stereocenters. The highest BCUT2D eigenvalue weighted by atomic mass is 16.5. The monoisotopic (exact) mass is 354 g/mol. The summed E-state index contributed by atoms with van der Waals surface area (Å²) in [6, 6.07) is 15.2. The van der Waals surface area contributed by atoms with Gasteiger partial charge in [-0.25, -0.2) is 0 Å². The van der Waals surface area contributed by atoms with Gasteiger partial charge >= 0.3 is 0 Å². The molecule has 2 aromatic carbocycles. The Bertz CT molecular complexity index is 651. The lowest BCUT2D eigenvalue weighted by Gasteiger charge is -2.08. The standard InChI is InChI=1S/C22H30N2O2/c1-2-3-4-5-6-17-26-21-14-12-20(13-15-21)24-22(25)16-9-18-7-10-19(23)11-8-18/h7-8,10-15H,2-6,9,16-17,23H2,1H3,(H,24,25). The van der Waals surface area contributed by atoms with Crippen molar-refractivity contribution in [1.82, 2.24) is 0 Å². The summed E-state index contributed by atoms with van der Waals surface area (Å²) < 4.78 is 5.74. The van der Waals surface area contributed by atoms with Crippen molar-refractivity contribution in [2.45, 2.75) is 51.9 Å². The van der Waals surface area contributed by atoms with Crippen LogP contribution < -0.4 is 15.8 Å². The van der Waals surface area contributed by atoms with Gasteiger partial charge in [0.1, 0.15) is 5.75 Å². The number of anilines is 2. The summed E-state index contributed by atoms with van der Waals surface area (Å²) in [6.45, 7) is 2.96. The van der Waals surface area contributed by atoms with Gasteiger partial charge in [0.25, 0.3) is 0 Å². The predicted octanol–water partition coefficient (Wildman–Crippen LogP) is 5.19. The Hall–Kier alpha value is -2.49. The van der Waals surface area contributed by atoms with E-state index < -0.39 is 0 Å². The number of nitrogens with one attached hydrogen (secondary N) is 1. The summed E-state index contributed by atoms with van der Waals surface area (Å²) >= 11 is 0. The van der Waals surface area contributed by atoms with Gasteiger partial charge in [0.05, 0.1) is 6.61 Å². The van der Waals surface area contributed by atoms with Crippen molar-refractivity contribution in [3.63, 3.8) is 0 Å². The summed E-state index contributed by atoms with van der Waals surface area (Å²) in [5.74, 6) is 0.854. The second kappa shape index (κ2) is 11.2. The first-order valence-electron chi connectivity index (χ1n) is 9.54. The molecule has 0 fully saturated rings. The molecule has 4 nitrogen and oxygen atoms in total. The molecule has 0 bridgehead atoms. The molecule has 0 aliphatic heterocycles. The van der Waals surface area contributed by atoms with E-state index in [9.17, 15) is 4.79 Å². The van der Waals surface area contributed by atoms with Crippen LogP contribution in [0, 0.1) is 0 Å². The third kappa shape index (κ3) is 7.60. The highest BCUT2D eigenvalue weighted by molar-refractivity contribution is 5.90. The smallest absolute Gasteiger partial charge is 0.224 e. The Balaban J connectivity index is 1.67. The van der Waals surface area contributed by atoms with E-state index in [1.807, 2.05) is 48.5 Å². The Morgan fingerprint density at radius 1 is 0.962 bits per heavy atom. The van der Waals surface area contributed by atoms with Gasteiger partial charge in [0, 0.05) is 17.8 Å². The van der Waals surface area contributed by atoms with Crippen LogP contribution in [0.25, 0.3) is 0 Å². The summed E-state index contributed by atoms with van der Waals surface area (Å²) in [7, 11) is 0. The average molecular weight is 354 g/mol. The van der Waals surface area contributed by atoms with Gasteiger partial charge in [-0.3, -0.25) is 4.79 Å². The second-order valence-corrected chi connectivity index (χ2v) is 6.58. The molecule has 0 spiro atoms. The number of unbranched alkanes of at least 4 members (excludes halogenated alkanes) is 4. The summed E-state index contributed by atoms with van der Waals surface area (Å²) in [6.07, 6.45) is 7.28. The second-order valence-electron chi connectivity index (χ2n) is 6.58. The van der Waals surface area contributed by atoms with Crippen LogP contribution in [0.1, 0.15) is 51.0 Å². The number of ether oxygens (including phenoxy) is 1. The fourth-order valence-corrected chi connectivity index (χ4v) is 2.70. The van der Waals surface area contributed by atoms with E-state index in [0.29, 0.717) is 12.8 Å². The minimum absolute atomic E-state index is 0.00594. The molecular formula is C22H30N2O2. The van der Waals surface area contributed by atoms with E-state index in [1.165, 1.54) is 25.7 Å². The molecule has 2 rings (SSSR count). The van der Waals surface area contributed by atoms with Gasteiger partial charge in [0.2, 0.25) is 5.91 Å². The number of nitrogens with two attached hydrogens (primary N) is 1. The first-order valence-corrected chi connectivity index (χ1v) is 9.54. The number of carbonyl (C=O) groups excluding carboxylic acids is 1. The van der Waals surface area contributed by atoms with Crippen molar-refractivity contribution in [1.29, 1.82) is 0 Å². The zero-order valence-electron chi connectivity index (χ0n) is 15.7. The molecule has 0 unspecified atom stereocenters. The fraction of sp³-hybridized carbons (Fsp3) is 0.409. The molecule has 0 aromatic heterocycles. The molecule has 4 heteroatoms. The average Bonchev–Trinajstić information content (AvgIpc) is 2.65. The molecule has 1 amide bonds. The lowest BCUT2D eigenvalue weighted by molar-refractivity contribution is -0.116. The van der Waals surface area contributed by atoms with Crippen LogP contribution >= 0.6 is 0 Å². The van der Waals surface area contributed by atoms with Crippen molar-refractivity contribution in [3.8, 4) is 5.75 Å². The van der Waals surface area contributed by atoms with Crippen molar-refractivity contribution in [2.75, 3.05) is 17.7 Å². The number of hydrogen-bond acceptors (Lipinski definition) is 3. The minimum Gasteiger partial charge on any atom is -0.494 e. The molecule has 0 heterocycles. The Morgan fingerprint density at radius 2 is 1.65 bits per heavy atom. The summed E-state index contributed by atoms with van der Waals surface area (Å²) in [4.78, 5) is 12.1. The van der Waals surface area contributed by atoms with Crippen LogP contribution in [-0.4, -0.2) is 12.5 Å². The van der Waals surface area contributed by atoms with Crippen LogP contribution in [0.2, 0.25) is 0 Å². The summed E-state index contributed by atoms with van der Waals surface area (Å²) in [5.41, 5.74) is 8.30. The maximum absolute atomic E-state index is 12.1. The fourth-order valence-electron chi connectivity index (χ4n) is 2.70. The van der Waals surface area contributed by atoms with Gasteiger partial charge in [0.15, 0.2) is 0 Å². The summed E-state index contributed by atoms with van der Waals surface area (Å²) in [5, 5.41) is 2.92. The lowest BCUT2D eigenvalue weighted by atomic mass is 10.1. The highest BCUT2D eigenvalue weighted by Crippen LogP contribution is 2.17. The zero-order valence-corrected chi connectivity index (χ0v) is 15.7. The van der Waals surface area contributed by atoms with Gasteiger partial charge < -0.3 is 15.8 Å². The largest absolute Gasteiger partial charge is 0.494 e. The van der Waals surface area contributed by atoms with E-state index in [4.69, 9.17) is 10.5 Å². The van der Waals surface area contributed by atoms with Crippen molar-refractivity contribution < 1.29 is 9.53 Å². The van der Waals surface area contributed by atoms with Crippen LogP contribution in [-0.2, 0) is 11.2 Å². The molecule has 0 aliphatic carbocycles. The van der Waals surface area contributed by atoms with Crippen molar-refractivity contribution in [2.24, 2.45) is 0 Å². The predicted molar refractivity (Wildman–Crippen MR) is 109 cm³/mol. The molecular weight excluding hydrogens is 324 g/mol. The Kier molecular flexibility index (Phi) is 8.53. The van der Waals surface area contributed by atoms with Gasteiger partial charge in [-0.05, 0) is 54.8 Å². The highest BCUT2D eigenvalue weighted by Gasteiger charge is 2.04. The third-order valence-corrected chi connectivity index (χ3v) is 4.28. The first kappa shape index (κ1) is 19.8. The van der Waals surface area contributed by atoms with E-state index in [-0.39, 0.29) is 5.91 Å². The number of nitrogen functional groups attached to an aromatic ring is 1. The normalized spacial score (nSPS) is 10.5. The van der Waals surface area contributed by atoms with Crippen molar-refractivity contribution in [3.05, 3.63) is 54.1 Å². The Morgan fingerprint density at radius 3 is 2.35 bits per heavy atom. The molecule has 0 saturated heterocycles. The molecule has 140 valence electrons. The molecule has 3 N–H and O–H groups in total. The molecule has 26 heavy (non-hydrogen) atoms. The quantitative estimate of drug-likeness (QED) is 0.431. The van der Waals surface area contributed by atoms with Gasteiger partial charge in [-0.15, -0.1) is 0 Å². The van der Waals surface area contributed by atoms with Gasteiger partial charge in [-0.2, -0.15) is 0 Å². The maximum Gasteiger partial charge on any atom is 0.224 e. The topological polar surface area (TPSA) is 64.3 Å². The van der Waals surface area contributed by atoms with E-state index in [2.05, 4.69) is 12.2 Å². The van der Waals surface area contributed by atoms with Crippen LogP contribution in [0.3, 0.4) is 0 Å². The number of amides is 1. The van der Waals surface area contributed by atoms with Crippen molar-refractivity contribution >= 4 is 17.3 Å². The number of carbonyl (C=O) groups is 1. The lowest BCUT2D eigenvalue weighted by Crippen LogP contribution is -2.12. The zero-order chi connectivity index (χ0) is 18.6. The maximum atomic E-state index is 12.1. The number of aryl methyl sites for hydroxylation is 1.